The van der Waals surface area contributed by atoms with Crippen LogP contribution >= 0.6 is 0 Å². The van der Waals surface area contributed by atoms with Crippen LogP contribution in [0, 0.1) is 0 Å². The van der Waals surface area contributed by atoms with E-state index < -0.39 is 11.1 Å². The Labute approximate surface area is 160 Å². The predicted octanol–water partition coefficient (Wildman–Crippen LogP) is 4.45. The molecule has 0 bridgehead atoms. The zero-order valence-corrected chi connectivity index (χ0v) is 16.3. The van der Waals surface area contributed by atoms with E-state index in [1.165, 1.54) is 0 Å². The van der Waals surface area contributed by atoms with Crippen molar-refractivity contribution in [2.24, 2.45) is 0 Å². The van der Waals surface area contributed by atoms with Crippen molar-refractivity contribution in [2.45, 2.75) is 38.3 Å². The topological polar surface area (TPSA) is 38.8 Å². The predicted molar refractivity (Wildman–Crippen MR) is 106 cm³/mol. The van der Waals surface area contributed by atoms with Crippen LogP contribution in [0.1, 0.15) is 32.8 Å². The molecule has 0 amide bonds. The van der Waals surface area contributed by atoms with Gasteiger partial charge in [-0.15, -0.1) is 0 Å². The SMILES string of the molecule is CCOC12CC1(c1ccccc1)C(C(C)=O)=C(C)N2c1ccc(OC)cc1. The van der Waals surface area contributed by atoms with Crippen molar-refractivity contribution in [1.82, 2.24) is 0 Å². The molecule has 1 fully saturated rings. The van der Waals surface area contributed by atoms with Gasteiger partial charge in [0.2, 0.25) is 0 Å². The highest BCUT2D eigenvalue weighted by atomic mass is 16.5. The molecule has 0 radical (unpaired) electrons. The van der Waals surface area contributed by atoms with Crippen LogP contribution in [0.25, 0.3) is 0 Å². The van der Waals surface area contributed by atoms with Gasteiger partial charge in [-0.05, 0) is 50.6 Å². The summed E-state index contributed by atoms with van der Waals surface area (Å²) in [4.78, 5) is 14.9. The van der Waals surface area contributed by atoms with Gasteiger partial charge in [0.15, 0.2) is 11.5 Å². The summed E-state index contributed by atoms with van der Waals surface area (Å²) in [6.45, 7) is 6.28. The number of ether oxygens (including phenoxy) is 2. The normalized spacial score (nSPS) is 26.1. The molecule has 1 saturated carbocycles. The molecule has 0 saturated heterocycles. The summed E-state index contributed by atoms with van der Waals surface area (Å²) in [6.07, 6.45) is 0.774. The van der Waals surface area contributed by atoms with E-state index in [4.69, 9.17) is 9.47 Å². The molecule has 4 rings (SSSR count). The average molecular weight is 363 g/mol. The third kappa shape index (κ3) is 2.29. The lowest BCUT2D eigenvalue weighted by Gasteiger charge is -2.33. The van der Waals surface area contributed by atoms with Crippen LogP contribution in [0.5, 0.6) is 5.75 Å². The summed E-state index contributed by atoms with van der Waals surface area (Å²) in [6, 6.07) is 18.2. The molecule has 2 unspecified atom stereocenters. The van der Waals surface area contributed by atoms with E-state index >= 15 is 0 Å². The van der Waals surface area contributed by atoms with Gasteiger partial charge in [-0.25, -0.2) is 0 Å². The van der Waals surface area contributed by atoms with E-state index in [9.17, 15) is 4.79 Å². The second kappa shape index (κ2) is 6.24. The van der Waals surface area contributed by atoms with Gasteiger partial charge in [0.05, 0.1) is 12.5 Å². The Bertz CT molecular complexity index is 903. The van der Waals surface area contributed by atoms with Crippen molar-refractivity contribution in [2.75, 3.05) is 18.6 Å². The Morgan fingerprint density at radius 3 is 2.33 bits per heavy atom. The van der Waals surface area contributed by atoms with Crippen LogP contribution in [0.15, 0.2) is 65.9 Å². The van der Waals surface area contributed by atoms with Crippen molar-refractivity contribution in [1.29, 1.82) is 0 Å². The van der Waals surface area contributed by atoms with E-state index in [1.54, 1.807) is 14.0 Å². The minimum atomic E-state index is -0.553. The number of carbonyl (C=O) groups excluding carboxylic acids is 1. The molecule has 0 aromatic heterocycles. The number of Topliss-reactive ketones (excluding diaryl/α,β-unsaturated/α-hetero) is 1. The number of nitrogens with zero attached hydrogens (tertiary/aromatic N) is 1. The molecule has 1 aliphatic heterocycles. The summed E-state index contributed by atoms with van der Waals surface area (Å²) in [5.74, 6) is 0.913. The monoisotopic (exact) mass is 363 g/mol. The van der Waals surface area contributed by atoms with Crippen LogP contribution in [0.2, 0.25) is 0 Å². The maximum Gasteiger partial charge on any atom is 0.160 e. The first-order valence-electron chi connectivity index (χ1n) is 9.38. The molecule has 2 aromatic rings. The zero-order valence-electron chi connectivity index (χ0n) is 16.3. The maximum absolute atomic E-state index is 12.7. The van der Waals surface area contributed by atoms with Crippen LogP contribution < -0.4 is 9.64 Å². The molecule has 27 heavy (non-hydrogen) atoms. The maximum atomic E-state index is 12.7. The summed E-state index contributed by atoms with van der Waals surface area (Å²) in [7, 11) is 1.66. The third-order valence-corrected chi connectivity index (χ3v) is 5.86. The van der Waals surface area contributed by atoms with Gasteiger partial charge < -0.3 is 14.4 Å². The fraction of sp³-hybridized carbons (Fsp3) is 0.348. The molecular weight excluding hydrogens is 338 g/mol. The number of benzene rings is 2. The number of hydrogen-bond acceptors (Lipinski definition) is 4. The molecule has 1 heterocycles. The number of ketones is 1. The lowest BCUT2D eigenvalue weighted by molar-refractivity contribution is -0.114. The Kier molecular flexibility index (Phi) is 4.11. The van der Waals surface area contributed by atoms with E-state index in [2.05, 4.69) is 17.0 Å². The lowest BCUT2D eigenvalue weighted by atomic mass is 9.85. The van der Waals surface area contributed by atoms with Gasteiger partial charge in [0.25, 0.3) is 0 Å². The molecule has 4 heteroatoms. The summed E-state index contributed by atoms with van der Waals surface area (Å²) in [5, 5.41) is 0. The molecular formula is C23H25NO3. The molecule has 1 aliphatic carbocycles. The minimum absolute atomic E-state index is 0.106. The number of hydrogen-bond donors (Lipinski definition) is 0. The summed E-state index contributed by atoms with van der Waals surface area (Å²) in [5.41, 5.74) is 3.01. The second-order valence-electron chi connectivity index (χ2n) is 7.22. The van der Waals surface area contributed by atoms with Gasteiger partial charge in [0.1, 0.15) is 5.75 Å². The average Bonchev–Trinajstić information content (AvgIpc) is 3.26. The highest BCUT2D eigenvalue weighted by molar-refractivity contribution is 6.01. The van der Waals surface area contributed by atoms with Crippen LogP contribution in [-0.2, 0) is 14.9 Å². The van der Waals surface area contributed by atoms with Gasteiger partial charge in [-0.1, -0.05) is 30.3 Å². The number of fused-ring (bicyclic) bond motifs is 1. The Hall–Kier alpha value is -2.59. The molecule has 140 valence electrons. The summed E-state index contributed by atoms with van der Waals surface area (Å²) >= 11 is 0. The van der Waals surface area contributed by atoms with Gasteiger partial charge in [0, 0.05) is 30.0 Å². The zero-order chi connectivity index (χ0) is 19.2. The van der Waals surface area contributed by atoms with E-state index in [1.807, 2.05) is 56.3 Å². The molecule has 2 aromatic carbocycles. The number of carbonyl (C=O) groups is 1. The molecule has 4 nitrogen and oxygen atoms in total. The lowest BCUT2D eigenvalue weighted by Crippen LogP contribution is -2.40. The van der Waals surface area contributed by atoms with E-state index in [0.717, 1.165) is 34.7 Å². The first kappa shape index (κ1) is 17.8. The van der Waals surface area contributed by atoms with Crippen molar-refractivity contribution in [3.05, 3.63) is 71.4 Å². The van der Waals surface area contributed by atoms with E-state index in [-0.39, 0.29) is 5.78 Å². The fourth-order valence-corrected chi connectivity index (χ4v) is 4.92. The van der Waals surface area contributed by atoms with Crippen molar-refractivity contribution < 1.29 is 14.3 Å². The standard InChI is InChI=1S/C23H25NO3/c1-5-27-23-15-22(23,18-9-7-6-8-10-18)21(17(3)25)16(2)24(23)19-11-13-20(26-4)14-12-19/h6-14H,5,15H2,1-4H3. The highest BCUT2D eigenvalue weighted by Gasteiger charge is 2.79. The Morgan fingerprint density at radius 2 is 1.78 bits per heavy atom. The number of allylic oxidation sites excluding steroid dienone is 1. The van der Waals surface area contributed by atoms with Crippen LogP contribution in [0.3, 0.4) is 0 Å². The quantitative estimate of drug-likeness (QED) is 0.760. The molecule has 0 spiro atoms. The van der Waals surface area contributed by atoms with Gasteiger partial charge >= 0.3 is 0 Å². The number of methoxy groups -OCH3 is 1. The molecule has 0 N–H and O–H groups in total. The van der Waals surface area contributed by atoms with Gasteiger partial charge in [-0.3, -0.25) is 4.79 Å². The molecule has 2 atom stereocenters. The van der Waals surface area contributed by atoms with Crippen molar-refractivity contribution in [3.63, 3.8) is 0 Å². The second-order valence-corrected chi connectivity index (χ2v) is 7.22. The van der Waals surface area contributed by atoms with Crippen LogP contribution in [0.4, 0.5) is 5.69 Å². The third-order valence-electron chi connectivity index (χ3n) is 5.86. The minimum Gasteiger partial charge on any atom is -0.497 e. The Morgan fingerprint density at radius 1 is 1.11 bits per heavy atom. The molecule has 2 aliphatic rings. The number of rotatable bonds is 6. The smallest absolute Gasteiger partial charge is 0.160 e. The van der Waals surface area contributed by atoms with Crippen LogP contribution in [-0.4, -0.2) is 25.2 Å². The summed E-state index contributed by atoms with van der Waals surface area (Å²) < 4.78 is 11.7. The van der Waals surface area contributed by atoms with Crippen molar-refractivity contribution >= 4 is 11.5 Å². The highest BCUT2D eigenvalue weighted by Crippen LogP contribution is 2.71. The van der Waals surface area contributed by atoms with E-state index in [0.29, 0.717) is 6.61 Å². The largest absolute Gasteiger partial charge is 0.497 e. The van der Waals surface area contributed by atoms with Gasteiger partial charge in [-0.2, -0.15) is 0 Å². The number of anilines is 1. The first-order valence-corrected chi connectivity index (χ1v) is 9.38. The fourth-order valence-electron chi connectivity index (χ4n) is 4.92. The Balaban J connectivity index is 1.91. The first-order chi connectivity index (χ1) is 13.0. The van der Waals surface area contributed by atoms with Crippen molar-refractivity contribution in [3.8, 4) is 5.75 Å².